The van der Waals surface area contributed by atoms with Crippen LogP contribution < -0.4 is 5.32 Å². The van der Waals surface area contributed by atoms with Gasteiger partial charge in [0.05, 0.1) is 5.69 Å². The third-order valence-corrected chi connectivity index (χ3v) is 2.32. The van der Waals surface area contributed by atoms with Crippen LogP contribution in [0.4, 0.5) is 5.69 Å². The molecule has 1 rings (SSSR count). The largest absolute Gasteiger partial charge is 0.326 e. The average molecular weight is 205 g/mol. The Morgan fingerprint density at radius 2 is 1.60 bits per heavy atom. The molecular formula is C12H15NO2. The summed E-state index contributed by atoms with van der Waals surface area (Å²) in [4.78, 5) is 22.3. The minimum atomic E-state index is -0.166. The molecule has 0 heterocycles. The summed E-state index contributed by atoms with van der Waals surface area (Å²) in [6.45, 7) is 6.82. The number of ketones is 1. The van der Waals surface area contributed by atoms with Gasteiger partial charge in [0.2, 0.25) is 5.91 Å². The molecule has 3 heteroatoms. The molecule has 1 aromatic carbocycles. The van der Waals surface area contributed by atoms with Gasteiger partial charge in [-0.3, -0.25) is 9.59 Å². The lowest BCUT2D eigenvalue weighted by molar-refractivity contribution is -0.114. The number of benzene rings is 1. The molecule has 80 valence electrons. The lowest BCUT2D eigenvalue weighted by atomic mass is 10.0. The molecule has 0 fully saturated rings. The lowest BCUT2D eigenvalue weighted by Crippen LogP contribution is -2.10. The Morgan fingerprint density at radius 3 is 2.07 bits per heavy atom. The Hall–Kier alpha value is -1.64. The molecule has 0 atom stereocenters. The van der Waals surface area contributed by atoms with Crippen LogP contribution >= 0.6 is 0 Å². The molecule has 0 aliphatic rings. The standard InChI is InChI=1S/C12H15NO2/c1-7-5-11(9(3)14)12(6-8(7)2)13-10(4)15/h5-6H,1-4H3,(H,13,15). The first-order chi connectivity index (χ1) is 6.91. The molecule has 0 saturated heterocycles. The Balaban J connectivity index is 3.28. The van der Waals surface area contributed by atoms with Gasteiger partial charge in [-0.1, -0.05) is 0 Å². The third kappa shape index (κ3) is 2.65. The number of rotatable bonds is 2. The second-order valence-corrected chi connectivity index (χ2v) is 3.72. The highest BCUT2D eigenvalue weighted by Crippen LogP contribution is 2.21. The van der Waals surface area contributed by atoms with Gasteiger partial charge in [0.15, 0.2) is 5.78 Å². The van der Waals surface area contributed by atoms with Crippen molar-refractivity contribution in [3.63, 3.8) is 0 Å². The van der Waals surface area contributed by atoms with Gasteiger partial charge >= 0.3 is 0 Å². The van der Waals surface area contributed by atoms with Crippen LogP contribution in [0.3, 0.4) is 0 Å². The average Bonchev–Trinajstić information content (AvgIpc) is 2.09. The van der Waals surface area contributed by atoms with Crippen LogP contribution in [0.25, 0.3) is 0 Å². The van der Waals surface area contributed by atoms with Gasteiger partial charge in [0.1, 0.15) is 0 Å². The van der Waals surface area contributed by atoms with Crippen LogP contribution in [0, 0.1) is 13.8 Å². The number of Topliss-reactive ketones (excluding diaryl/α,β-unsaturated/α-hetero) is 1. The van der Waals surface area contributed by atoms with Crippen LogP contribution in [-0.4, -0.2) is 11.7 Å². The first-order valence-corrected chi connectivity index (χ1v) is 4.81. The second-order valence-electron chi connectivity index (χ2n) is 3.72. The number of carbonyl (C=O) groups excluding carboxylic acids is 2. The predicted octanol–water partition coefficient (Wildman–Crippen LogP) is 2.46. The van der Waals surface area contributed by atoms with E-state index < -0.39 is 0 Å². The highest BCUT2D eigenvalue weighted by atomic mass is 16.1. The quantitative estimate of drug-likeness (QED) is 0.754. The normalized spacial score (nSPS) is 9.87. The molecule has 0 aliphatic carbocycles. The smallest absolute Gasteiger partial charge is 0.221 e. The molecule has 0 spiro atoms. The number of aryl methyl sites for hydroxylation is 2. The van der Waals surface area contributed by atoms with Crippen molar-refractivity contribution in [3.8, 4) is 0 Å². The number of hydrogen-bond acceptors (Lipinski definition) is 2. The SMILES string of the molecule is CC(=O)Nc1cc(C)c(C)cc1C(C)=O. The molecule has 15 heavy (non-hydrogen) atoms. The number of nitrogens with one attached hydrogen (secondary N) is 1. The van der Waals surface area contributed by atoms with Gasteiger partial charge in [-0.2, -0.15) is 0 Å². The molecule has 0 aliphatic heterocycles. The van der Waals surface area contributed by atoms with E-state index in [1.165, 1.54) is 13.8 Å². The van der Waals surface area contributed by atoms with Crippen molar-refractivity contribution in [1.29, 1.82) is 0 Å². The maximum Gasteiger partial charge on any atom is 0.221 e. The molecule has 1 aromatic rings. The fourth-order valence-electron chi connectivity index (χ4n) is 1.40. The van der Waals surface area contributed by atoms with E-state index in [4.69, 9.17) is 0 Å². The van der Waals surface area contributed by atoms with E-state index in [0.717, 1.165) is 11.1 Å². The topological polar surface area (TPSA) is 46.2 Å². The summed E-state index contributed by atoms with van der Waals surface area (Å²) in [5, 5.41) is 2.66. The van der Waals surface area contributed by atoms with Crippen molar-refractivity contribution in [2.45, 2.75) is 27.7 Å². The van der Waals surface area contributed by atoms with Crippen molar-refractivity contribution in [3.05, 3.63) is 28.8 Å². The highest BCUT2D eigenvalue weighted by molar-refractivity contribution is 6.03. The fourth-order valence-corrected chi connectivity index (χ4v) is 1.40. The minimum absolute atomic E-state index is 0.0400. The van der Waals surface area contributed by atoms with E-state index in [-0.39, 0.29) is 11.7 Å². The molecule has 1 N–H and O–H groups in total. The minimum Gasteiger partial charge on any atom is -0.326 e. The summed E-state index contributed by atoms with van der Waals surface area (Å²) >= 11 is 0. The highest BCUT2D eigenvalue weighted by Gasteiger charge is 2.10. The first-order valence-electron chi connectivity index (χ1n) is 4.81. The Morgan fingerprint density at radius 1 is 1.07 bits per heavy atom. The number of carbonyl (C=O) groups is 2. The Labute approximate surface area is 89.5 Å². The van der Waals surface area contributed by atoms with Gasteiger partial charge in [-0.05, 0) is 44.0 Å². The zero-order valence-corrected chi connectivity index (χ0v) is 9.47. The molecule has 1 amide bonds. The summed E-state index contributed by atoms with van der Waals surface area (Å²) in [5.74, 6) is -0.206. The van der Waals surface area contributed by atoms with Gasteiger partial charge < -0.3 is 5.32 Å². The number of hydrogen-bond donors (Lipinski definition) is 1. The monoisotopic (exact) mass is 205 g/mol. The van der Waals surface area contributed by atoms with E-state index in [0.29, 0.717) is 11.3 Å². The van der Waals surface area contributed by atoms with Crippen molar-refractivity contribution < 1.29 is 9.59 Å². The summed E-state index contributed by atoms with van der Waals surface area (Å²) in [6.07, 6.45) is 0. The summed E-state index contributed by atoms with van der Waals surface area (Å²) in [6, 6.07) is 3.64. The summed E-state index contributed by atoms with van der Waals surface area (Å²) in [7, 11) is 0. The second kappa shape index (κ2) is 4.26. The maximum absolute atomic E-state index is 11.4. The molecule has 0 bridgehead atoms. The van der Waals surface area contributed by atoms with Crippen molar-refractivity contribution >= 4 is 17.4 Å². The van der Waals surface area contributed by atoms with Gasteiger partial charge in [-0.25, -0.2) is 0 Å². The van der Waals surface area contributed by atoms with Crippen molar-refractivity contribution in [2.24, 2.45) is 0 Å². The third-order valence-electron chi connectivity index (χ3n) is 2.32. The zero-order valence-electron chi connectivity index (χ0n) is 9.47. The lowest BCUT2D eigenvalue weighted by Gasteiger charge is -2.10. The summed E-state index contributed by atoms with van der Waals surface area (Å²) in [5.41, 5.74) is 3.27. The van der Waals surface area contributed by atoms with Crippen LogP contribution in [0.5, 0.6) is 0 Å². The number of amides is 1. The van der Waals surface area contributed by atoms with Gasteiger partial charge in [0, 0.05) is 12.5 Å². The first kappa shape index (κ1) is 11.4. The van der Waals surface area contributed by atoms with E-state index in [1.54, 1.807) is 0 Å². The molecule has 0 radical (unpaired) electrons. The van der Waals surface area contributed by atoms with Crippen LogP contribution in [0.2, 0.25) is 0 Å². The predicted molar refractivity (Wildman–Crippen MR) is 60.2 cm³/mol. The molecule has 3 nitrogen and oxygen atoms in total. The summed E-state index contributed by atoms with van der Waals surface area (Å²) < 4.78 is 0. The molecular weight excluding hydrogens is 190 g/mol. The molecule has 0 unspecified atom stereocenters. The van der Waals surface area contributed by atoms with Crippen LogP contribution in [0.1, 0.15) is 35.3 Å². The van der Waals surface area contributed by atoms with Crippen molar-refractivity contribution in [2.75, 3.05) is 5.32 Å². The van der Waals surface area contributed by atoms with E-state index in [2.05, 4.69) is 5.32 Å². The molecule has 0 saturated carbocycles. The number of anilines is 1. The Kier molecular flexibility index (Phi) is 3.24. The van der Waals surface area contributed by atoms with E-state index >= 15 is 0 Å². The zero-order chi connectivity index (χ0) is 11.6. The van der Waals surface area contributed by atoms with Gasteiger partial charge in [-0.15, -0.1) is 0 Å². The maximum atomic E-state index is 11.4. The fraction of sp³-hybridized carbons (Fsp3) is 0.333. The van der Waals surface area contributed by atoms with E-state index in [9.17, 15) is 9.59 Å². The van der Waals surface area contributed by atoms with Crippen LogP contribution in [-0.2, 0) is 4.79 Å². The van der Waals surface area contributed by atoms with Crippen molar-refractivity contribution in [1.82, 2.24) is 0 Å². The Bertz CT molecular complexity index is 422. The van der Waals surface area contributed by atoms with Gasteiger partial charge in [0.25, 0.3) is 0 Å². The van der Waals surface area contributed by atoms with E-state index in [1.807, 2.05) is 26.0 Å². The van der Waals surface area contributed by atoms with Crippen LogP contribution in [0.15, 0.2) is 12.1 Å². The molecule has 0 aromatic heterocycles.